The van der Waals surface area contributed by atoms with Crippen LogP contribution in [-0.2, 0) is 6.42 Å². The van der Waals surface area contributed by atoms with Gasteiger partial charge in [-0.2, -0.15) is 4.98 Å². The maximum atomic E-state index is 9.89. The second kappa shape index (κ2) is 7.75. The summed E-state index contributed by atoms with van der Waals surface area (Å²) in [6, 6.07) is 6.03. The molecular formula is C15H21N3O3. The third-order valence-corrected chi connectivity index (χ3v) is 3.09. The standard InChI is InChI=1S/C15H21N3O3/c1-11-3-4-12(2)14(7-11)20-9-13(19)8-16-6-5-15-17-10-21-18-15/h3-4,7,10,13,16,19H,5-6,8-9H2,1-2H3. The van der Waals surface area contributed by atoms with E-state index in [0.29, 0.717) is 25.3 Å². The smallest absolute Gasteiger partial charge is 0.213 e. The topological polar surface area (TPSA) is 80.4 Å². The van der Waals surface area contributed by atoms with Crippen LogP contribution in [0.2, 0.25) is 0 Å². The zero-order chi connectivity index (χ0) is 15.1. The number of aliphatic hydroxyl groups is 1. The van der Waals surface area contributed by atoms with Crippen LogP contribution in [-0.4, -0.2) is 41.0 Å². The van der Waals surface area contributed by atoms with Crippen molar-refractivity contribution in [1.29, 1.82) is 0 Å². The molecule has 6 heteroatoms. The molecule has 1 atom stereocenters. The molecule has 1 aromatic carbocycles. The number of hydrogen-bond donors (Lipinski definition) is 2. The summed E-state index contributed by atoms with van der Waals surface area (Å²) in [7, 11) is 0. The van der Waals surface area contributed by atoms with Gasteiger partial charge in [0, 0.05) is 19.5 Å². The number of hydrogen-bond acceptors (Lipinski definition) is 6. The van der Waals surface area contributed by atoms with Crippen molar-refractivity contribution in [2.75, 3.05) is 19.7 Å². The molecule has 0 aliphatic rings. The molecule has 0 saturated carbocycles. The van der Waals surface area contributed by atoms with Crippen molar-refractivity contribution in [3.05, 3.63) is 41.5 Å². The van der Waals surface area contributed by atoms with E-state index in [0.717, 1.165) is 16.9 Å². The van der Waals surface area contributed by atoms with Gasteiger partial charge in [0.1, 0.15) is 18.5 Å². The first-order valence-electron chi connectivity index (χ1n) is 6.99. The third kappa shape index (κ3) is 5.17. The van der Waals surface area contributed by atoms with Gasteiger partial charge in [-0.15, -0.1) is 0 Å². The fraction of sp³-hybridized carbons (Fsp3) is 0.467. The van der Waals surface area contributed by atoms with Gasteiger partial charge in [-0.1, -0.05) is 17.3 Å². The number of aromatic nitrogens is 2. The van der Waals surface area contributed by atoms with Gasteiger partial charge >= 0.3 is 0 Å². The van der Waals surface area contributed by atoms with Crippen LogP contribution in [0.25, 0.3) is 0 Å². The highest BCUT2D eigenvalue weighted by atomic mass is 16.5. The van der Waals surface area contributed by atoms with E-state index in [1.165, 1.54) is 6.39 Å². The Kier molecular flexibility index (Phi) is 5.71. The highest BCUT2D eigenvalue weighted by molar-refractivity contribution is 5.35. The Hall–Kier alpha value is -1.92. The van der Waals surface area contributed by atoms with Gasteiger partial charge in [0.2, 0.25) is 6.39 Å². The monoisotopic (exact) mass is 291 g/mol. The first-order chi connectivity index (χ1) is 10.1. The lowest BCUT2D eigenvalue weighted by Gasteiger charge is -2.14. The first-order valence-corrected chi connectivity index (χ1v) is 6.99. The summed E-state index contributed by atoms with van der Waals surface area (Å²) in [5.74, 6) is 1.48. The molecule has 2 rings (SSSR count). The molecule has 21 heavy (non-hydrogen) atoms. The van der Waals surface area contributed by atoms with E-state index >= 15 is 0 Å². The predicted molar refractivity (Wildman–Crippen MR) is 78.3 cm³/mol. The second-order valence-electron chi connectivity index (χ2n) is 5.04. The van der Waals surface area contributed by atoms with Crippen LogP contribution < -0.4 is 10.1 Å². The molecule has 0 amide bonds. The quantitative estimate of drug-likeness (QED) is 0.713. The van der Waals surface area contributed by atoms with Gasteiger partial charge in [-0.05, 0) is 31.0 Å². The lowest BCUT2D eigenvalue weighted by atomic mass is 10.1. The highest BCUT2D eigenvalue weighted by Crippen LogP contribution is 2.19. The number of aliphatic hydroxyl groups excluding tert-OH is 1. The summed E-state index contributed by atoms with van der Waals surface area (Å²) < 4.78 is 10.3. The van der Waals surface area contributed by atoms with Gasteiger partial charge in [0.05, 0.1) is 0 Å². The molecule has 1 unspecified atom stereocenters. The molecule has 6 nitrogen and oxygen atoms in total. The van der Waals surface area contributed by atoms with Crippen LogP contribution in [0.1, 0.15) is 17.0 Å². The van der Waals surface area contributed by atoms with E-state index in [1.807, 2.05) is 32.0 Å². The fourth-order valence-corrected chi connectivity index (χ4v) is 1.88. The van der Waals surface area contributed by atoms with E-state index in [1.54, 1.807) is 0 Å². The minimum absolute atomic E-state index is 0.263. The third-order valence-electron chi connectivity index (χ3n) is 3.09. The zero-order valence-corrected chi connectivity index (χ0v) is 12.4. The lowest BCUT2D eigenvalue weighted by Crippen LogP contribution is -2.32. The van der Waals surface area contributed by atoms with Crippen LogP contribution in [0, 0.1) is 13.8 Å². The van der Waals surface area contributed by atoms with E-state index in [4.69, 9.17) is 4.74 Å². The Balaban J connectivity index is 1.65. The van der Waals surface area contributed by atoms with E-state index in [9.17, 15) is 5.11 Å². The fourth-order valence-electron chi connectivity index (χ4n) is 1.88. The van der Waals surface area contributed by atoms with Crippen molar-refractivity contribution in [3.63, 3.8) is 0 Å². The Morgan fingerprint density at radius 2 is 2.24 bits per heavy atom. The normalized spacial score (nSPS) is 12.3. The number of rotatable bonds is 8. The van der Waals surface area contributed by atoms with Crippen LogP contribution in [0.4, 0.5) is 0 Å². The lowest BCUT2D eigenvalue weighted by molar-refractivity contribution is 0.106. The van der Waals surface area contributed by atoms with Gasteiger partial charge in [0.15, 0.2) is 5.82 Å². The summed E-state index contributed by atoms with van der Waals surface area (Å²) >= 11 is 0. The molecule has 0 bridgehead atoms. The molecule has 0 fully saturated rings. The molecule has 1 heterocycles. The minimum atomic E-state index is -0.560. The predicted octanol–water partition coefficient (Wildman–Crippen LogP) is 1.26. The van der Waals surface area contributed by atoms with Crippen molar-refractivity contribution in [2.45, 2.75) is 26.4 Å². The van der Waals surface area contributed by atoms with Crippen molar-refractivity contribution in [2.24, 2.45) is 0 Å². The van der Waals surface area contributed by atoms with Crippen molar-refractivity contribution in [1.82, 2.24) is 15.5 Å². The summed E-state index contributed by atoms with van der Waals surface area (Å²) in [6.07, 6.45) is 1.42. The van der Waals surface area contributed by atoms with Gasteiger partial charge < -0.3 is 19.7 Å². The Morgan fingerprint density at radius 3 is 3.00 bits per heavy atom. The Morgan fingerprint density at radius 1 is 1.38 bits per heavy atom. The molecule has 0 spiro atoms. The summed E-state index contributed by atoms with van der Waals surface area (Å²) in [6.45, 7) is 5.41. The molecular weight excluding hydrogens is 270 g/mol. The van der Waals surface area contributed by atoms with Crippen LogP contribution in [0.3, 0.4) is 0 Å². The Labute approximate surface area is 124 Å². The maximum absolute atomic E-state index is 9.89. The minimum Gasteiger partial charge on any atom is -0.491 e. The van der Waals surface area contributed by atoms with Gasteiger partial charge in [-0.3, -0.25) is 0 Å². The second-order valence-corrected chi connectivity index (χ2v) is 5.04. The molecule has 1 aromatic heterocycles. The molecule has 2 aromatic rings. The number of aryl methyl sites for hydroxylation is 2. The summed E-state index contributed by atoms with van der Waals surface area (Å²) in [4.78, 5) is 3.92. The number of nitrogens with one attached hydrogen (secondary N) is 1. The number of ether oxygens (including phenoxy) is 1. The largest absolute Gasteiger partial charge is 0.491 e. The molecule has 114 valence electrons. The molecule has 0 aliphatic heterocycles. The first kappa shape index (κ1) is 15.5. The molecule has 0 saturated heterocycles. The average Bonchev–Trinajstić information content (AvgIpc) is 2.98. The average molecular weight is 291 g/mol. The highest BCUT2D eigenvalue weighted by Gasteiger charge is 2.07. The van der Waals surface area contributed by atoms with E-state index < -0.39 is 6.10 Å². The SMILES string of the molecule is Cc1ccc(C)c(OCC(O)CNCCc2ncon2)c1. The van der Waals surface area contributed by atoms with Crippen LogP contribution >= 0.6 is 0 Å². The summed E-state index contributed by atoms with van der Waals surface area (Å²) in [5.41, 5.74) is 2.21. The van der Waals surface area contributed by atoms with Crippen molar-refractivity contribution >= 4 is 0 Å². The number of benzene rings is 1. The van der Waals surface area contributed by atoms with Crippen molar-refractivity contribution in [3.8, 4) is 5.75 Å². The maximum Gasteiger partial charge on any atom is 0.213 e. The molecule has 0 radical (unpaired) electrons. The van der Waals surface area contributed by atoms with Crippen LogP contribution in [0.5, 0.6) is 5.75 Å². The van der Waals surface area contributed by atoms with Crippen molar-refractivity contribution < 1.29 is 14.4 Å². The van der Waals surface area contributed by atoms with Gasteiger partial charge in [-0.25, -0.2) is 0 Å². The molecule has 0 aliphatic carbocycles. The Bertz CT molecular complexity index is 543. The van der Waals surface area contributed by atoms with Crippen LogP contribution in [0.15, 0.2) is 29.1 Å². The summed E-state index contributed by atoms with van der Waals surface area (Å²) in [5, 5.41) is 16.7. The van der Waals surface area contributed by atoms with E-state index in [2.05, 4.69) is 20.0 Å². The number of nitrogens with zero attached hydrogens (tertiary/aromatic N) is 2. The van der Waals surface area contributed by atoms with E-state index in [-0.39, 0.29) is 6.61 Å². The van der Waals surface area contributed by atoms with Gasteiger partial charge in [0.25, 0.3) is 0 Å². The molecule has 2 N–H and O–H groups in total. The zero-order valence-electron chi connectivity index (χ0n) is 12.4.